The van der Waals surface area contributed by atoms with Gasteiger partial charge in [-0.2, -0.15) is 0 Å². The first kappa shape index (κ1) is 14.1. The first-order valence-corrected chi connectivity index (χ1v) is 8.13. The molecule has 1 atom stereocenters. The smallest absolute Gasteiger partial charge is 0.0477 e. The Bertz CT molecular complexity index is 426. The summed E-state index contributed by atoms with van der Waals surface area (Å²) < 4.78 is 0. The number of nitrogens with two attached hydrogens (primary N) is 1. The molecule has 1 aromatic carbocycles. The second kappa shape index (κ2) is 6.70. The highest BCUT2D eigenvalue weighted by Gasteiger charge is 2.27. The fourth-order valence-electron chi connectivity index (χ4n) is 3.70. The van der Waals surface area contributed by atoms with Gasteiger partial charge in [0.2, 0.25) is 0 Å². The summed E-state index contributed by atoms with van der Waals surface area (Å²) in [5.41, 5.74) is 8.92. The van der Waals surface area contributed by atoms with Gasteiger partial charge in [0.15, 0.2) is 0 Å². The molecule has 0 aromatic heterocycles. The van der Waals surface area contributed by atoms with Crippen LogP contribution < -0.4 is 5.73 Å². The minimum Gasteiger partial charge on any atom is -0.329 e. The number of likely N-dealkylation sites (tertiary alicyclic amines) is 1. The molecule has 0 bridgehead atoms. The summed E-state index contributed by atoms with van der Waals surface area (Å²) in [6, 6.07) is 9.22. The summed E-state index contributed by atoms with van der Waals surface area (Å²) in [6.07, 6.45) is 5.42. The molecule has 1 aromatic rings. The summed E-state index contributed by atoms with van der Waals surface area (Å²) in [5, 5.41) is 0. The van der Waals surface area contributed by atoms with Gasteiger partial charge < -0.3 is 10.6 Å². The van der Waals surface area contributed by atoms with Crippen LogP contribution in [0.2, 0.25) is 0 Å². The lowest BCUT2D eigenvalue weighted by atomic mass is 10.1. The maximum Gasteiger partial charge on any atom is 0.0477 e. The third-order valence-electron chi connectivity index (χ3n) is 4.82. The largest absolute Gasteiger partial charge is 0.329 e. The van der Waals surface area contributed by atoms with Crippen molar-refractivity contribution < 1.29 is 0 Å². The number of fused-ring (bicyclic) bond motifs is 1. The van der Waals surface area contributed by atoms with Crippen LogP contribution in [0.25, 0.3) is 0 Å². The van der Waals surface area contributed by atoms with Gasteiger partial charge in [0.05, 0.1) is 0 Å². The maximum atomic E-state index is 5.99. The lowest BCUT2D eigenvalue weighted by molar-refractivity contribution is 0.210. The van der Waals surface area contributed by atoms with Gasteiger partial charge in [-0.3, -0.25) is 4.90 Å². The molecule has 20 heavy (non-hydrogen) atoms. The van der Waals surface area contributed by atoms with E-state index in [9.17, 15) is 0 Å². The van der Waals surface area contributed by atoms with Crippen molar-refractivity contribution in [3.63, 3.8) is 0 Å². The molecular formula is C17H27N3. The first-order chi connectivity index (χ1) is 9.88. The minimum absolute atomic E-state index is 0.443. The Hall–Kier alpha value is -0.900. The molecule has 0 spiro atoms. The molecule has 2 aliphatic rings. The summed E-state index contributed by atoms with van der Waals surface area (Å²) >= 11 is 0. The summed E-state index contributed by atoms with van der Waals surface area (Å²) in [7, 11) is 0. The monoisotopic (exact) mass is 273 g/mol. The molecule has 3 heteroatoms. The van der Waals surface area contributed by atoms with Crippen molar-refractivity contribution in [2.45, 2.75) is 38.3 Å². The van der Waals surface area contributed by atoms with Crippen molar-refractivity contribution >= 4 is 0 Å². The van der Waals surface area contributed by atoms with Crippen LogP contribution in [0.1, 0.15) is 42.9 Å². The van der Waals surface area contributed by atoms with Crippen LogP contribution in [0.3, 0.4) is 0 Å². The van der Waals surface area contributed by atoms with E-state index in [1.165, 1.54) is 63.0 Å². The molecule has 0 saturated carbocycles. The normalized spacial score (nSPS) is 23.4. The second-order valence-electron chi connectivity index (χ2n) is 6.18. The molecule has 2 aliphatic heterocycles. The van der Waals surface area contributed by atoms with E-state index in [1.54, 1.807) is 0 Å². The lowest BCUT2D eigenvalue weighted by Crippen LogP contribution is -2.29. The number of unbranched alkanes of at least 4 members (excludes halogenated alkanes) is 1. The van der Waals surface area contributed by atoms with E-state index in [1.807, 2.05) is 0 Å². The number of nitrogens with zero attached hydrogens (tertiary/aromatic N) is 2. The van der Waals surface area contributed by atoms with Gasteiger partial charge >= 0.3 is 0 Å². The fourth-order valence-corrected chi connectivity index (χ4v) is 3.70. The van der Waals surface area contributed by atoms with Gasteiger partial charge in [0, 0.05) is 19.1 Å². The average Bonchev–Trinajstić information content (AvgIpc) is 3.10. The van der Waals surface area contributed by atoms with Crippen molar-refractivity contribution in [1.82, 2.24) is 9.80 Å². The lowest BCUT2D eigenvalue weighted by Gasteiger charge is -2.24. The Morgan fingerprint density at radius 2 is 1.80 bits per heavy atom. The number of rotatable bonds is 6. The average molecular weight is 273 g/mol. The Morgan fingerprint density at radius 3 is 2.60 bits per heavy atom. The zero-order valence-electron chi connectivity index (χ0n) is 12.4. The van der Waals surface area contributed by atoms with Gasteiger partial charge in [-0.25, -0.2) is 0 Å². The van der Waals surface area contributed by atoms with Crippen LogP contribution in [-0.4, -0.2) is 42.5 Å². The third-order valence-corrected chi connectivity index (χ3v) is 4.82. The van der Waals surface area contributed by atoms with Gasteiger partial charge in [-0.1, -0.05) is 24.3 Å². The highest BCUT2D eigenvalue weighted by molar-refractivity contribution is 5.34. The molecule has 2 N–H and O–H groups in total. The third kappa shape index (κ3) is 3.05. The summed E-state index contributed by atoms with van der Waals surface area (Å²) in [4.78, 5) is 5.17. The zero-order chi connectivity index (χ0) is 13.8. The van der Waals surface area contributed by atoms with Crippen LogP contribution in [0.15, 0.2) is 24.3 Å². The van der Waals surface area contributed by atoms with Crippen molar-refractivity contribution in [3.05, 3.63) is 35.4 Å². The minimum atomic E-state index is 0.443. The van der Waals surface area contributed by atoms with Crippen molar-refractivity contribution in [1.29, 1.82) is 0 Å². The molecule has 0 aliphatic carbocycles. The van der Waals surface area contributed by atoms with E-state index in [0.717, 1.165) is 13.1 Å². The van der Waals surface area contributed by atoms with Gasteiger partial charge in [0.1, 0.15) is 0 Å². The molecule has 1 fully saturated rings. The van der Waals surface area contributed by atoms with Gasteiger partial charge in [-0.15, -0.1) is 0 Å². The summed E-state index contributed by atoms with van der Waals surface area (Å²) in [5.74, 6) is 0. The highest BCUT2D eigenvalue weighted by Crippen LogP contribution is 2.32. The molecule has 1 saturated heterocycles. The number of benzene rings is 1. The Morgan fingerprint density at radius 1 is 1.05 bits per heavy atom. The summed E-state index contributed by atoms with van der Waals surface area (Å²) in [6.45, 7) is 6.94. The molecule has 110 valence electrons. The maximum absolute atomic E-state index is 5.99. The van der Waals surface area contributed by atoms with Crippen molar-refractivity contribution in [2.24, 2.45) is 5.73 Å². The molecule has 2 heterocycles. The quantitative estimate of drug-likeness (QED) is 0.808. The number of hydrogen-bond donors (Lipinski definition) is 1. The van der Waals surface area contributed by atoms with Crippen molar-refractivity contribution in [2.75, 3.05) is 32.7 Å². The van der Waals surface area contributed by atoms with E-state index >= 15 is 0 Å². The molecule has 3 rings (SSSR count). The van der Waals surface area contributed by atoms with E-state index in [2.05, 4.69) is 34.1 Å². The van der Waals surface area contributed by atoms with Crippen LogP contribution in [0, 0.1) is 0 Å². The molecule has 0 radical (unpaired) electrons. The van der Waals surface area contributed by atoms with Gasteiger partial charge in [0.25, 0.3) is 0 Å². The predicted molar refractivity (Wildman–Crippen MR) is 83.6 cm³/mol. The molecule has 3 nitrogen and oxygen atoms in total. The van der Waals surface area contributed by atoms with Crippen molar-refractivity contribution in [3.8, 4) is 0 Å². The van der Waals surface area contributed by atoms with Crippen LogP contribution >= 0.6 is 0 Å². The van der Waals surface area contributed by atoms with Crippen LogP contribution in [0.4, 0.5) is 0 Å². The van der Waals surface area contributed by atoms with E-state index < -0.39 is 0 Å². The van der Waals surface area contributed by atoms with E-state index in [4.69, 9.17) is 5.73 Å². The van der Waals surface area contributed by atoms with Crippen LogP contribution in [-0.2, 0) is 6.54 Å². The topological polar surface area (TPSA) is 32.5 Å². The second-order valence-corrected chi connectivity index (χ2v) is 6.18. The highest BCUT2D eigenvalue weighted by atomic mass is 15.2. The number of hydrogen-bond acceptors (Lipinski definition) is 3. The van der Waals surface area contributed by atoms with E-state index in [0.29, 0.717) is 6.04 Å². The SMILES string of the molecule is NCC1c2ccccc2CN1CCCCN1CCCC1. The Labute approximate surface area is 122 Å². The predicted octanol–water partition coefficient (Wildman–Crippen LogP) is 2.38. The molecular weight excluding hydrogens is 246 g/mol. The Kier molecular flexibility index (Phi) is 4.71. The standard InChI is InChI=1S/C17H27N3/c18-13-17-16-8-2-1-7-15(16)14-20(17)12-6-5-11-19-9-3-4-10-19/h1-2,7-8,17H,3-6,9-14,18H2. The Balaban J connectivity index is 1.46. The molecule has 0 amide bonds. The fraction of sp³-hybridized carbons (Fsp3) is 0.647. The zero-order valence-corrected chi connectivity index (χ0v) is 12.4. The van der Waals surface area contributed by atoms with Gasteiger partial charge in [-0.05, 0) is 63.0 Å². The van der Waals surface area contributed by atoms with Crippen LogP contribution in [0.5, 0.6) is 0 Å². The molecule has 1 unspecified atom stereocenters. The van der Waals surface area contributed by atoms with E-state index in [-0.39, 0.29) is 0 Å². The first-order valence-electron chi connectivity index (χ1n) is 8.13.